The molecule has 5 nitrogen and oxygen atoms in total. The smallest absolute Gasteiger partial charge is 0.245 e. The van der Waals surface area contributed by atoms with E-state index in [2.05, 4.69) is 12.2 Å². The number of amides is 2. The Balaban J connectivity index is 2.00. The van der Waals surface area contributed by atoms with Gasteiger partial charge in [-0.05, 0) is 32.7 Å². The van der Waals surface area contributed by atoms with E-state index < -0.39 is 0 Å². The minimum absolute atomic E-state index is 0.114. The zero-order valence-corrected chi connectivity index (χ0v) is 11.3. The van der Waals surface area contributed by atoms with E-state index in [4.69, 9.17) is 0 Å². The Labute approximate surface area is 108 Å². The Hall–Kier alpha value is -1.10. The van der Waals surface area contributed by atoms with Crippen molar-refractivity contribution in [2.75, 3.05) is 26.2 Å². The van der Waals surface area contributed by atoms with E-state index in [1.165, 1.54) is 0 Å². The van der Waals surface area contributed by atoms with Crippen molar-refractivity contribution >= 4 is 11.8 Å². The molecule has 1 N–H and O–H groups in total. The van der Waals surface area contributed by atoms with Crippen molar-refractivity contribution in [1.82, 2.24) is 15.1 Å². The van der Waals surface area contributed by atoms with E-state index >= 15 is 0 Å². The standard InChI is InChI=1S/C13H23N3O2/c1-3-14-10(2)8-15-9-12(17)16-7-5-4-6-11(16)13(15)18/h10-11,14H,3-9H2,1-2H3. The molecule has 102 valence electrons. The molecule has 2 heterocycles. The summed E-state index contributed by atoms with van der Waals surface area (Å²) < 4.78 is 0. The third kappa shape index (κ3) is 2.66. The number of nitrogens with one attached hydrogen (secondary N) is 1. The van der Waals surface area contributed by atoms with E-state index in [0.29, 0.717) is 6.54 Å². The molecule has 2 fully saturated rings. The van der Waals surface area contributed by atoms with E-state index in [0.717, 1.165) is 32.4 Å². The molecular formula is C13H23N3O2. The highest BCUT2D eigenvalue weighted by Gasteiger charge is 2.40. The number of nitrogens with zero attached hydrogens (tertiary/aromatic N) is 2. The predicted molar refractivity (Wildman–Crippen MR) is 69.1 cm³/mol. The van der Waals surface area contributed by atoms with Crippen molar-refractivity contribution in [2.45, 2.75) is 45.2 Å². The predicted octanol–water partition coefficient (Wildman–Crippen LogP) is 0.208. The second kappa shape index (κ2) is 5.69. The van der Waals surface area contributed by atoms with Gasteiger partial charge in [-0.25, -0.2) is 0 Å². The summed E-state index contributed by atoms with van der Waals surface area (Å²) in [6.45, 7) is 6.61. The fourth-order valence-corrected chi connectivity index (χ4v) is 2.93. The Morgan fingerprint density at radius 2 is 2.17 bits per heavy atom. The van der Waals surface area contributed by atoms with E-state index in [-0.39, 0.29) is 30.4 Å². The lowest BCUT2D eigenvalue weighted by molar-refractivity contribution is -0.158. The Morgan fingerprint density at radius 1 is 1.39 bits per heavy atom. The summed E-state index contributed by atoms with van der Waals surface area (Å²) in [5, 5.41) is 3.28. The molecule has 18 heavy (non-hydrogen) atoms. The number of rotatable bonds is 4. The Kier molecular flexibility index (Phi) is 4.22. The molecule has 0 aromatic carbocycles. The van der Waals surface area contributed by atoms with Crippen LogP contribution in [0.5, 0.6) is 0 Å². The van der Waals surface area contributed by atoms with Gasteiger partial charge in [-0.2, -0.15) is 0 Å². The first kappa shape index (κ1) is 13.3. The fraction of sp³-hybridized carbons (Fsp3) is 0.846. The number of hydrogen-bond acceptors (Lipinski definition) is 3. The van der Waals surface area contributed by atoms with Crippen molar-refractivity contribution in [2.24, 2.45) is 0 Å². The van der Waals surface area contributed by atoms with Crippen LogP contribution in [-0.2, 0) is 9.59 Å². The molecular weight excluding hydrogens is 230 g/mol. The first-order chi connectivity index (χ1) is 8.63. The largest absolute Gasteiger partial charge is 0.330 e. The van der Waals surface area contributed by atoms with Crippen LogP contribution in [0, 0.1) is 0 Å². The number of carbonyl (C=O) groups is 2. The van der Waals surface area contributed by atoms with Gasteiger partial charge in [0, 0.05) is 19.1 Å². The first-order valence-corrected chi connectivity index (χ1v) is 6.95. The van der Waals surface area contributed by atoms with Gasteiger partial charge in [0.2, 0.25) is 11.8 Å². The Morgan fingerprint density at radius 3 is 2.89 bits per heavy atom. The lowest BCUT2D eigenvalue weighted by atomic mass is 9.98. The maximum atomic E-state index is 12.3. The highest BCUT2D eigenvalue weighted by atomic mass is 16.2. The summed E-state index contributed by atoms with van der Waals surface area (Å²) >= 11 is 0. The van der Waals surface area contributed by atoms with Crippen LogP contribution >= 0.6 is 0 Å². The second-order valence-corrected chi connectivity index (χ2v) is 5.28. The number of carbonyl (C=O) groups excluding carboxylic acids is 2. The lowest BCUT2D eigenvalue weighted by Gasteiger charge is -2.43. The minimum atomic E-state index is -0.186. The minimum Gasteiger partial charge on any atom is -0.330 e. The molecule has 0 aromatic rings. The number of fused-ring (bicyclic) bond motifs is 1. The number of piperazine rings is 1. The van der Waals surface area contributed by atoms with Crippen LogP contribution in [0.4, 0.5) is 0 Å². The van der Waals surface area contributed by atoms with Gasteiger partial charge in [0.25, 0.3) is 0 Å². The van der Waals surface area contributed by atoms with Crippen LogP contribution in [0.3, 0.4) is 0 Å². The van der Waals surface area contributed by atoms with Gasteiger partial charge in [0.1, 0.15) is 6.04 Å². The average Bonchev–Trinajstić information content (AvgIpc) is 2.36. The number of piperidine rings is 1. The second-order valence-electron chi connectivity index (χ2n) is 5.28. The summed E-state index contributed by atoms with van der Waals surface area (Å²) in [7, 11) is 0. The van der Waals surface area contributed by atoms with Gasteiger partial charge in [-0.1, -0.05) is 6.92 Å². The summed E-state index contributed by atoms with van der Waals surface area (Å²) in [5.41, 5.74) is 0. The van der Waals surface area contributed by atoms with Gasteiger partial charge in [0.15, 0.2) is 0 Å². The molecule has 0 radical (unpaired) electrons. The zero-order valence-electron chi connectivity index (χ0n) is 11.3. The van der Waals surface area contributed by atoms with E-state index in [1.807, 2.05) is 6.92 Å². The maximum absolute atomic E-state index is 12.3. The van der Waals surface area contributed by atoms with Crippen LogP contribution < -0.4 is 5.32 Å². The zero-order chi connectivity index (χ0) is 13.1. The highest BCUT2D eigenvalue weighted by Crippen LogP contribution is 2.23. The van der Waals surface area contributed by atoms with Crippen LogP contribution in [0.2, 0.25) is 0 Å². The van der Waals surface area contributed by atoms with Crippen molar-refractivity contribution in [3.8, 4) is 0 Å². The van der Waals surface area contributed by atoms with Gasteiger partial charge in [-0.15, -0.1) is 0 Å². The molecule has 0 spiro atoms. The molecule has 2 unspecified atom stereocenters. The molecule has 0 aromatic heterocycles. The molecule has 2 rings (SSSR count). The van der Waals surface area contributed by atoms with Crippen LogP contribution in [0.15, 0.2) is 0 Å². The quantitative estimate of drug-likeness (QED) is 0.779. The van der Waals surface area contributed by atoms with Crippen molar-refractivity contribution < 1.29 is 9.59 Å². The normalized spacial score (nSPS) is 26.2. The molecule has 0 bridgehead atoms. The molecule has 2 saturated heterocycles. The third-order valence-electron chi connectivity index (χ3n) is 3.79. The van der Waals surface area contributed by atoms with Crippen LogP contribution in [-0.4, -0.2) is 59.9 Å². The van der Waals surface area contributed by atoms with Crippen molar-refractivity contribution in [3.63, 3.8) is 0 Å². The molecule has 2 aliphatic rings. The monoisotopic (exact) mass is 253 g/mol. The van der Waals surface area contributed by atoms with Crippen LogP contribution in [0.1, 0.15) is 33.1 Å². The lowest BCUT2D eigenvalue weighted by Crippen LogP contribution is -2.62. The molecule has 2 amide bonds. The third-order valence-corrected chi connectivity index (χ3v) is 3.79. The molecule has 2 aliphatic heterocycles. The molecule has 2 atom stereocenters. The Bertz CT molecular complexity index is 332. The number of likely N-dealkylation sites (N-methyl/N-ethyl adjacent to an activating group) is 1. The summed E-state index contributed by atoms with van der Waals surface area (Å²) in [5.74, 6) is 0.252. The molecule has 0 saturated carbocycles. The highest BCUT2D eigenvalue weighted by molar-refractivity contribution is 5.95. The van der Waals surface area contributed by atoms with Gasteiger partial charge < -0.3 is 15.1 Å². The summed E-state index contributed by atoms with van der Waals surface area (Å²) in [6, 6.07) is 0.0516. The maximum Gasteiger partial charge on any atom is 0.245 e. The van der Waals surface area contributed by atoms with Crippen molar-refractivity contribution in [1.29, 1.82) is 0 Å². The van der Waals surface area contributed by atoms with Gasteiger partial charge in [0.05, 0.1) is 6.54 Å². The molecule has 0 aliphatic carbocycles. The van der Waals surface area contributed by atoms with E-state index in [1.54, 1.807) is 9.80 Å². The molecule has 5 heteroatoms. The SMILES string of the molecule is CCNC(C)CN1CC(=O)N2CCCCC2C1=O. The summed E-state index contributed by atoms with van der Waals surface area (Å²) in [4.78, 5) is 27.9. The first-order valence-electron chi connectivity index (χ1n) is 6.95. The topological polar surface area (TPSA) is 52.7 Å². The number of hydrogen-bond donors (Lipinski definition) is 1. The fourth-order valence-electron chi connectivity index (χ4n) is 2.93. The van der Waals surface area contributed by atoms with Crippen LogP contribution in [0.25, 0.3) is 0 Å². The summed E-state index contributed by atoms with van der Waals surface area (Å²) in [6.07, 6.45) is 2.91. The van der Waals surface area contributed by atoms with Gasteiger partial charge >= 0.3 is 0 Å². The average molecular weight is 253 g/mol. The van der Waals surface area contributed by atoms with Gasteiger partial charge in [-0.3, -0.25) is 9.59 Å². The van der Waals surface area contributed by atoms with Crippen molar-refractivity contribution in [3.05, 3.63) is 0 Å². The van der Waals surface area contributed by atoms with E-state index in [9.17, 15) is 9.59 Å².